The van der Waals surface area contributed by atoms with Gasteiger partial charge in [-0.15, -0.1) is 0 Å². The molecule has 0 aliphatic carbocycles. The van der Waals surface area contributed by atoms with Crippen LogP contribution in [0.4, 0.5) is 0 Å². The van der Waals surface area contributed by atoms with E-state index in [4.69, 9.17) is 14.9 Å². The van der Waals surface area contributed by atoms with Crippen molar-refractivity contribution < 1.29 is 24.9 Å². The van der Waals surface area contributed by atoms with Gasteiger partial charge in [0.1, 0.15) is 0 Å². The third-order valence-corrected chi connectivity index (χ3v) is 3.93. The molecule has 1 rings (SSSR count). The van der Waals surface area contributed by atoms with Gasteiger partial charge in [0.15, 0.2) is 0 Å². The molecule has 1 aliphatic heterocycles. The molecule has 5 nitrogen and oxygen atoms in total. The monoisotopic (exact) mass is 326 g/mol. The summed E-state index contributed by atoms with van der Waals surface area (Å²) >= 11 is 0. The Morgan fingerprint density at radius 3 is 2.65 bits per heavy atom. The number of carboxylic acid groups (broad SMARTS) is 1. The van der Waals surface area contributed by atoms with Gasteiger partial charge < -0.3 is 20.1 Å². The smallest absolute Gasteiger partial charge is 0.305 e. The molecule has 0 radical (unpaired) electrons. The molecule has 0 spiro atoms. The zero-order valence-corrected chi connectivity index (χ0v) is 13.8. The molecular weight excluding hydrogens is 296 g/mol. The lowest BCUT2D eigenvalue weighted by Gasteiger charge is -2.14. The van der Waals surface area contributed by atoms with E-state index in [1.54, 1.807) is 6.08 Å². The van der Waals surface area contributed by atoms with Crippen molar-refractivity contribution in [1.82, 2.24) is 0 Å². The van der Waals surface area contributed by atoms with Crippen molar-refractivity contribution in [2.24, 2.45) is 0 Å². The van der Waals surface area contributed by atoms with Gasteiger partial charge >= 0.3 is 5.97 Å². The number of ether oxygens (including phenoxy) is 1. The third-order valence-electron chi connectivity index (χ3n) is 3.93. The standard InChI is InChI=1S/C18H30O5/c19-12-8-6-4-2-1-3-5-7-9-15(20)13-16-10-11-17(23-16)14-18(21)22/h1,3,7,9,15-17,19-20H,2,4-6,8,10-14H2,(H,21,22)/b3-1-,9-7-/t15-,16+,17-/m1/s1. The zero-order valence-electron chi connectivity index (χ0n) is 13.8. The number of aliphatic carboxylic acids is 1. The van der Waals surface area contributed by atoms with Crippen LogP contribution in [0.2, 0.25) is 0 Å². The lowest BCUT2D eigenvalue weighted by molar-refractivity contribution is -0.140. The van der Waals surface area contributed by atoms with Crippen molar-refractivity contribution in [2.45, 2.75) is 76.1 Å². The number of unbranched alkanes of at least 4 members (excludes halogenated alkanes) is 3. The first kappa shape index (κ1) is 19.9. The minimum atomic E-state index is -0.834. The number of hydrogen-bond acceptors (Lipinski definition) is 4. The van der Waals surface area contributed by atoms with Gasteiger partial charge in [0, 0.05) is 13.0 Å². The molecular formula is C18H30O5. The Hall–Kier alpha value is -1.17. The molecule has 1 aliphatic rings. The lowest BCUT2D eigenvalue weighted by Crippen LogP contribution is -2.18. The van der Waals surface area contributed by atoms with Gasteiger partial charge in [0.2, 0.25) is 0 Å². The van der Waals surface area contributed by atoms with E-state index in [9.17, 15) is 9.90 Å². The Labute approximate surface area is 138 Å². The number of aliphatic hydroxyl groups excluding tert-OH is 2. The summed E-state index contributed by atoms with van der Waals surface area (Å²) in [7, 11) is 0. The van der Waals surface area contributed by atoms with E-state index in [0.717, 1.165) is 44.9 Å². The van der Waals surface area contributed by atoms with Crippen LogP contribution in [0.3, 0.4) is 0 Å². The van der Waals surface area contributed by atoms with Crippen molar-refractivity contribution in [3.05, 3.63) is 24.3 Å². The Balaban J connectivity index is 2.08. The SMILES string of the molecule is O=C(O)C[C@H]1CC[C@@H](C[C@H](O)/C=C\C/C=C\CCCCCO)O1. The summed E-state index contributed by atoms with van der Waals surface area (Å²) in [4.78, 5) is 10.6. The Kier molecular flexibility index (Phi) is 10.6. The number of allylic oxidation sites excluding steroid dienone is 3. The predicted molar refractivity (Wildman–Crippen MR) is 89.2 cm³/mol. The first-order valence-corrected chi connectivity index (χ1v) is 8.59. The van der Waals surface area contributed by atoms with Crippen molar-refractivity contribution in [1.29, 1.82) is 0 Å². The summed E-state index contributed by atoms with van der Waals surface area (Å²) in [5.41, 5.74) is 0. The van der Waals surface area contributed by atoms with E-state index in [0.29, 0.717) is 6.42 Å². The second-order valence-electron chi connectivity index (χ2n) is 6.07. The van der Waals surface area contributed by atoms with E-state index in [1.165, 1.54) is 0 Å². The van der Waals surface area contributed by atoms with Gasteiger partial charge in [-0.3, -0.25) is 4.79 Å². The maximum atomic E-state index is 10.6. The Morgan fingerprint density at radius 1 is 1.13 bits per heavy atom. The van der Waals surface area contributed by atoms with E-state index >= 15 is 0 Å². The molecule has 5 heteroatoms. The lowest BCUT2D eigenvalue weighted by atomic mass is 10.1. The maximum absolute atomic E-state index is 10.6. The predicted octanol–water partition coefficient (Wildman–Crippen LogP) is 2.81. The summed E-state index contributed by atoms with van der Waals surface area (Å²) in [6.07, 6.45) is 14.1. The molecule has 1 saturated heterocycles. The van der Waals surface area contributed by atoms with Crippen molar-refractivity contribution in [3.63, 3.8) is 0 Å². The van der Waals surface area contributed by atoms with Crippen LogP contribution >= 0.6 is 0 Å². The molecule has 0 aromatic carbocycles. The minimum Gasteiger partial charge on any atom is -0.481 e. The van der Waals surface area contributed by atoms with Crippen molar-refractivity contribution in [3.8, 4) is 0 Å². The first-order chi connectivity index (χ1) is 11.1. The zero-order chi connectivity index (χ0) is 16.9. The number of rotatable bonds is 12. The Morgan fingerprint density at radius 2 is 1.91 bits per heavy atom. The van der Waals surface area contributed by atoms with E-state index in [-0.39, 0.29) is 25.2 Å². The summed E-state index contributed by atoms with van der Waals surface area (Å²) in [5, 5.41) is 27.3. The van der Waals surface area contributed by atoms with Gasteiger partial charge in [-0.25, -0.2) is 0 Å². The molecule has 1 heterocycles. The largest absolute Gasteiger partial charge is 0.481 e. The van der Waals surface area contributed by atoms with Gasteiger partial charge in [0.25, 0.3) is 0 Å². The highest BCUT2D eigenvalue weighted by atomic mass is 16.5. The average molecular weight is 326 g/mol. The number of carboxylic acids is 1. The molecule has 3 atom stereocenters. The van der Waals surface area contributed by atoms with E-state index < -0.39 is 12.1 Å². The second-order valence-corrected chi connectivity index (χ2v) is 6.07. The van der Waals surface area contributed by atoms with Crippen molar-refractivity contribution >= 4 is 5.97 Å². The molecule has 132 valence electrons. The van der Waals surface area contributed by atoms with E-state index in [1.807, 2.05) is 6.08 Å². The van der Waals surface area contributed by atoms with Gasteiger partial charge in [0.05, 0.1) is 24.7 Å². The highest BCUT2D eigenvalue weighted by Crippen LogP contribution is 2.25. The molecule has 3 N–H and O–H groups in total. The first-order valence-electron chi connectivity index (χ1n) is 8.59. The fraction of sp³-hybridized carbons (Fsp3) is 0.722. The maximum Gasteiger partial charge on any atom is 0.305 e. The highest BCUT2D eigenvalue weighted by molar-refractivity contribution is 5.67. The van der Waals surface area contributed by atoms with Gasteiger partial charge in [-0.2, -0.15) is 0 Å². The normalized spacial score (nSPS) is 23.0. The quantitative estimate of drug-likeness (QED) is 0.379. The third kappa shape index (κ3) is 10.3. The molecule has 0 unspecified atom stereocenters. The number of carbonyl (C=O) groups is 1. The Bertz CT molecular complexity index is 378. The fourth-order valence-electron chi connectivity index (χ4n) is 2.73. The van der Waals surface area contributed by atoms with Crippen LogP contribution < -0.4 is 0 Å². The summed E-state index contributed by atoms with van der Waals surface area (Å²) < 4.78 is 5.63. The molecule has 0 aromatic rings. The summed E-state index contributed by atoms with van der Waals surface area (Å²) in [5.74, 6) is -0.834. The van der Waals surface area contributed by atoms with Crippen LogP contribution in [0.25, 0.3) is 0 Å². The minimum absolute atomic E-state index is 0.0407. The molecule has 0 saturated carbocycles. The highest BCUT2D eigenvalue weighted by Gasteiger charge is 2.27. The van der Waals surface area contributed by atoms with Crippen molar-refractivity contribution in [2.75, 3.05) is 6.61 Å². The molecule has 0 bridgehead atoms. The van der Waals surface area contributed by atoms with Gasteiger partial charge in [-0.05, 0) is 38.5 Å². The van der Waals surface area contributed by atoms with E-state index in [2.05, 4.69) is 12.2 Å². The fourth-order valence-corrected chi connectivity index (χ4v) is 2.73. The average Bonchev–Trinajstić information content (AvgIpc) is 2.91. The second kappa shape index (κ2) is 12.3. The summed E-state index contributed by atoms with van der Waals surface area (Å²) in [6, 6.07) is 0. The van der Waals surface area contributed by atoms with Crippen LogP contribution in [-0.2, 0) is 9.53 Å². The number of aliphatic hydroxyl groups is 2. The van der Waals surface area contributed by atoms with Crippen LogP contribution in [0.15, 0.2) is 24.3 Å². The molecule has 0 amide bonds. The van der Waals surface area contributed by atoms with Gasteiger partial charge in [-0.1, -0.05) is 30.7 Å². The molecule has 1 fully saturated rings. The topological polar surface area (TPSA) is 87.0 Å². The van der Waals surface area contributed by atoms with Crippen LogP contribution in [-0.4, -0.2) is 46.2 Å². The summed E-state index contributed by atoms with van der Waals surface area (Å²) in [6.45, 7) is 0.270. The van der Waals surface area contributed by atoms with Crippen LogP contribution in [0, 0.1) is 0 Å². The van der Waals surface area contributed by atoms with Crippen LogP contribution in [0.1, 0.15) is 57.8 Å². The molecule has 0 aromatic heterocycles. The van der Waals surface area contributed by atoms with Crippen LogP contribution in [0.5, 0.6) is 0 Å². The number of hydrogen-bond donors (Lipinski definition) is 3. The molecule has 23 heavy (non-hydrogen) atoms.